The molecule has 17 heavy (non-hydrogen) atoms. The molecule has 0 atom stereocenters. The van der Waals surface area contributed by atoms with E-state index in [-0.39, 0.29) is 17.1 Å². The molecule has 0 bridgehead atoms. The number of carbonyl (C=O) groups is 1. The van der Waals surface area contributed by atoms with E-state index in [0.717, 1.165) is 0 Å². The summed E-state index contributed by atoms with van der Waals surface area (Å²) in [5, 5.41) is 18.8. The van der Waals surface area contributed by atoms with E-state index in [4.69, 9.17) is 9.84 Å². The quantitative estimate of drug-likeness (QED) is 0.847. The maximum Gasteiger partial charge on any atom is 0.314 e. The first kappa shape index (κ1) is 11.7. The molecule has 2 N–H and O–H groups in total. The third-order valence-electron chi connectivity index (χ3n) is 3.26. The van der Waals surface area contributed by atoms with Crippen LogP contribution in [0.3, 0.4) is 0 Å². The monoisotopic (exact) mass is 240 g/mol. The highest BCUT2D eigenvalue weighted by atomic mass is 19.1. The van der Waals surface area contributed by atoms with Gasteiger partial charge >= 0.3 is 5.97 Å². The van der Waals surface area contributed by atoms with E-state index in [9.17, 15) is 14.3 Å². The molecule has 1 aromatic rings. The zero-order valence-corrected chi connectivity index (χ0v) is 9.58. The smallest absolute Gasteiger partial charge is 0.314 e. The van der Waals surface area contributed by atoms with Crippen molar-refractivity contribution in [1.29, 1.82) is 0 Å². The van der Waals surface area contributed by atoms with Crippen molar-refractivity contribution in [2.45, 2.75) is 25.2 Å². The Morgan fingerprint density at radius 1 is 1.53 bits per heavy atom. The molecule has 1 saturated carbocycles. The number of hydrogen-bond donors (Lipinski definition) is 2. The topological polar surface area (TPSA) is 66.8 Å². The van der Waals surface area contributed by atoms with Gasteiger partial charge in [0.15, 0.2) is 17.3 Å². The van der Waals surface area contributed by atoms with Crippen LogP contribution in [0.1, 0.15) is 24.0 Å². The minimum absolute atomic E-state index is 0.0946. The van der Waals surface area contributed by atoms with Crippen LogP contribution in [0, 0.1) is 12.7 Å². The number of aliphatic carboxylic acids is 1. The minimum Gasteiger partial charge on any atom is -0.504 e. The van der Waals surface area contributed by atoms with E-state index in [1.807, 2.05) is 0 Å². The predicted molar refractivity (Wildman–Crippen MR) is 57.9 cm³/mol. The summed E-state index contributed by atoms with van der Waals surface area (Å²) in [6.07, 6.45) is 0.819. The van der Waals surface area contributed by atoms with Crippen LogP contribution in [0.2, 0.25) is 0 Å². The highest BCUT2D eigenvalue weighted by Crippen LogP contribution is 2.52. The summed E-state index contributed by atoms with van der Waals surface area (Å²) in [5.74, 6) is -2.39. The van der Waals surface area contributed by atoms with Gasteiger partial charge in [0.2, 0.25) is 0 Å². The standard InChI is InChI=1S/C12H13FO4/c1-6-5-7(12(3-4-12)11(15)16)8(13)10(17-2)9(6)14/h5,14H,3-4H2,1-2H3,(H,15,16). The second-order valence-electron chi connectivity index (χ2n) is 4.32. The van der Waals surface area contributed by atoms with Gasteiger partial charge in [-0.2, -0.15) is 0 Å². The molecule has 2 rings (SSSR count). The molecule has 1 fully saturated rings. The Labute approximate surface area is 97.6 Å². The van der Waals surface area contributed by atoms with Crippen LogP contribution >= 0.6 is 0 Å². The molecule has 1 aliphatic carbocycles. The fraction of sp³-hybridized carbons (Fsp3) is 0.417. The average molecular weight is 240 g/mol. The van der Waals surface area contributed by atoms with Crippen molar-refractivity contribution in [3.8, 4) is 11.5 Å². The molecular formula is C12H13FO4. The zero-order chi connectivity index (χ0) is 12.8. The van der Waals surface area contributed by atoms with E-state index >= 15 is 0 Å². The van der Waals surface area contributed by atoms with Crippen molar-refractivity contribution >= 4 is 5.97 Å². The third-order valence-corrected chi connectivity index (χ3v) is 3.26. The lowest BCUT2D eigenvalue weighted by Crippen LogP contribution is -2.21. The van der Waals surface area contributed by atoms with Gasteiger partial charge in [0.05, 0.1) is 12.5 Å². The largest absolute Gasteiger partial charge is 0.504 e. The van der Waals surface area contributed by atoms with Crippen molar-refractivity contribution < 1.29 is 24.1 Å². The van der Waals surface area contributed by atoms with Crippen molar-refractivity contribution in [2.75, 3.05) is 7.11 Å². The van der Waals surface area contributed by atoms with Crippen molar-refractivity contribution in [3.05, 3.63) is 23.0 Å². The molecule has 0 radical (unpaired) electrons. The molecule has 1 aromatic carbocycles. The highest BCUT2D eigenvalue weighted by Gasteiger charge is 2.54. The molecule has 5 heteroatoms. The van der Waals surface area contributed by atoms with E-state index in [0.29, 0.717) is 18.4 Å². The van der Waals surface area contributed by atoms with Crippen LogP contribution < -0.4 is 4.74 Å². The van der Waals surface area contributed by atoms with Crippen LogP contribution in [0.25, 0.3) is 0 Å². The van der Waals surface area contributed by atoms with Gasteiger partial charge in [-0.15, -0.1) is 0 Å². The number of halogens is 1. The normalized spacial score (nSPS) is 16.6. The number of benzene rings is 1. The Bertz CT molecular complexity index is 492. The molecule has 4 nitrogen and oxygen atoms in total. The molecule has 0 amide bonds. The van der Waals surface area contributed by atoms with Gasteiger partial charge in [0.1, 0.15) is 0 Å². The zero-order valence-electron chi connectivity index (χ0n) is 9.58. The number of aromatic hydroxyl groups is 1. The van der Waals surface area contributed by atoms with Crippen molar-refractivity contribution in [2.24, 2.45) is 0 Å². The number of phenolic OH excluding ortho intramolecular Hbond substituents is 1. The maximum absolute atomic E-state index is 14.1. The molecule has 0 heterocycles. The molecule has 0 spiro atoms. The summed E-state index contributed by atoms with van der Waals surface area (Å²) < 4.78 is 18.8. The van der Waals surface area contributed by atoms with E-state index in [1.54, 1.807) is 6.92 Å². The summed E-state index contributed by atoms with van der Waals surface area (Å²) in [6, 6.07) is 1.38. The van der Waals surface area contributed by atoms with E-state index < -0.39 is 17.2 Å². The number of ether oxygens (including phenoxy) is 1. The van der Waals surface area contributed by atoms with Gasteiger partial charge < -0.3 is 14.9 Å². The predicted octanol–water partition coefficient (Wildman–Crippen LogP) is 1.96. The number of carboxylic acid groups (broad SMARTS) is 1. The van der Waals surface area contributed by atoms with Crippen LogP contribution in [-0.2, 0) is 10.2 Å². The lowest BCUT2D eigenvalue weighted by atomic mass is 9.93. The van der Waals surface area contributed by atoms with Gasteiger partial charge in [0, 0.05) is 5.56 Å². The van der Waals surface area contributed by atoms with Crippen molar-refractivity contribution in [1.82, 2.24) is 0 Å². The third kappa shape index (κ3) is 1.53. The fourth-order valence-electron chi connectivity index (χ4n) is 2.01. The number of hydrogen-bond acceptors (Lipinski definition) is 3. The molecule has 0 aromatic heterocycles. The first-order valence-electron chi connectivity index (χ1n) is 5.24. The number of phenols is 1. The fourth-order valence-corrected chi connectivity index (χ4v) is 2.01. The Hall–Kier alpha value is -1.78. The molecular weight excluding hydrogens is 227 g/mol. The van der Waals surface area contributed by atoms with E-state index in [1.165, 1.54) is 13.2 Å². The lowest BCUT2D eigenvalue weighted by molar-refractivity contribution is -0.140. The Kier molecular flexibility index (Phi) is 2.49. The molecule has 0 unspecified atom stereocenters. The number of methoxy groups -OCH3 is 1. The van der Waals surface area contributed by atoms with Crippen LogP contribution in [0.15, 0.2) is 6.07 Å². The summed E-state index contributed by atoms with van der Waals surface area (Å²) in [4.78, 5) is 11.2. The minimum atomic E-state index is -1.14. The Balaban J connectivity index is 2.64. The summed E-state index contributed by atoms with van der Waals surface area (Å²) in [7, 11) is 1.24. The van der Waals surface area contributed by atoms with Gasteiger partial charge in [0.25, 0.3) is 0 Å². The summed E-state index contributed by atoms with van der Waals surface area (Å²) in [6.45, 7) is 1.58. The van der Waals surface area contributed by atoms with Gasteiger partial charge in [-0.05, 0) is 31.4 Å². The lowest BCUT2D eigenvalue weighted by Gasteiger charge is -2.16. The van der Waals surface area contributed by atoms with Gasteiger partial charge in [-0.3, -0.25) is 4.79 Å². The SMILES string of the molecule is COc1c(O)c(C)cc(C2(C(=O)O)CC2)c1F. The second-order valence-corrected chi connectivity index (χ2v) is 4.32. The van der Waals surface area contributed by atoms with Crippen LogP contribution in [0.5, 0.6) is 11.5 Å². The maximum atomic E-state index is 14.1. The number of aryl methyl sites for hydroxylation is 1. The Morgan fingerprint density at radius 2 is 2.12 bits per heavy atom. The highest BCUT2D eigenvalue weighted by molar-refractivity contribution is 5.85. The first-order valence-corrected chi connectivity index (χ1v) is 5.24. The molecule has 0 saturated heterocycles. The van der Waals surface area contributed by atoms with Crippen LogP contribution in [-0.4, -0.2) is 23.3 Å². The second kappa shape index (κ2) is 3.61. The van der Waals surface area contributed by atoms with E-state index in [2.05, 4.69) is 0 Å². The van der Waals surface area contributed by atoms with Crippen LogP contribution in [0.4, 0.5) is 4.39 Å². The molecule has 92 valence electrons. The molecule has 0 aliphatic heterocycles. The summed E-state index contributed by atoms with van der Waals surface area (Å²) >= 11 is 0. The number of carboxylic acids is 1. The molecule has 1 aliphatic rings. The first-order chi connectivity index (χ1) is 7.94. The summed E-state index contributed by atoms with van der Waals surface area (Å²) in [5.41, 5.74) is -0.640. The van der Waals surface area contributed by atoms with Gasteiger partial charge in [-0.1, -0.05) is 0 Å². The Morgan fingerprint density at radius 3 is 2.53 bits per heavy atom. The average Bonchev–Trinajstić information content (AvgIpc) is 3.05. The number of rotatable bonds is 3. The van der Waals surface area contributed by atoms with Crippen molar-refractivity contribution in [3.63, 3.8) is 0 Å². The van der Waals surface area contributed by atoms with Gasteiger partial charge in [-0.25, -0.2) is 4.39 Å².